The van der Waals surface area contributed by atoms with Gasteiger partial charge in [0.05, 0.1) is 4.47 Å². The van der Waals surface area contributed by atoms with Crippen LogP contribution in [0.3, 0.4) is 0 Å². The minimum absolute atomic E-state index is 0.575. The highest BCUT2D eigenvalue weighted by atomic mass is 79.9. The van der Waals surface area contributed by atoms with Gasteiger partial charge < -0.3 is 10.2 Å². The standard InChI is InChI=1S/C15H24BrN3/c1-3-8-17-11-13-6-4-5-10-19(13)15-14(16)12(2)7-9-18-15/h7,9,13,17H,3-6,8,10-11H2,1-2H3. The van der Waals surface area contributed by atoms with E-state index in [0.29, 0.717) is 6.04 Å². The van der Waals surface area contributed by atoms with E-state index >= 15 is 0 Å². The zero-order valence-electron chi connectivity index (χ0n) is 12.0. The third kappa shape index (κ3) is 3.69. The summed E-state index contributed by atoms with van der Waals surface area (Å²) in [6.45, 7) is 7.63. The summed E-state index contributed by atoms with van der Waals surface area (Å²) in [6.07, 6.45) is 6.98. The molecule has 19 heavy (non-hydrogen) atoms. The molecule has 1 aromatic heterocycles. The Morgan fingerprint density at radius 1 is 1.47 bits per heavy atom. The molecule has 1 fully saturated rings. The summed E-state index contributed by atoms with van der Waals surface area (Å²) in [5.41, 5.74) is 1.26. The highest BCUT2D eigenvalue weighted by molar-refractivity contribution is 9.10. The van der Waals surface area contributed by atoms with E-state index in [9.17, 15) is 0 Å². The van der Waals surface area contributed by atoms with E-state index in [1.807, 2.05) is 6.20 Å². The van der Waals surface area contributed by atoms with Crippen molar-refractivity contribution in [3.63, 3.8) is 0 Å². The molecule has 0 radical (unpaired) electrons. The topological polar surface area (TPSA) is 28.2 Å². The van der Waals surface area contributed by atoms with E-state index in [-0.39, 0.29) is 0 Å². The summed E-state index contributed by atoms with van der Waals surface area (Å²) < 4.78 is 1.15. The minimum atomic E-state index is 0.575. The lowest BCUT2D eigenvalue weighted by Gasteiger charge is -2.37. The van der Waals surface area contributed by atoms with Crippen molar-refractivity contribution < 1.29 is 0 Å². The molecule has 106 valence electrons. The maximum atomic E-state index is 4.59. The van der Waals surface area contributed by atoms with Crippen LogP contribution in [0.1, 0.15) is 38.2 Å². The van der Waals surface area contributed by atoms with Crippen molar-refractivity contribution in [1.82, 2.24) is 10.3 Å². The maximum Gasteiger partial charge on any atom is 0.143 e. The maximum absolute atomic E-state index is 4.59. The fraction of sp³-hybridized carbons (Fsp3) is 0.667. The molecular weight excluding hydrogens is 302 g/mol. The van der Waals surface area contributed by atoms with Crippen LogP contribution in [-0.2, 0) is 0 Å². The third-order valence-corrected chi connectivity index (χ3v) is 4.75. The van der Waals surface area contributed by atoms with Crippen molar-refractivity contribution in [2.45, 2.75) is 45.6 Å². The van der Waals surface area contributed by atoms with Crippen LogP contribution >= 0.6 is 15.9 Å². The fourth-order valence-electron chi connectivity index (χ4n) is 2.66. The number of halogens is 1. The first-order valence-corrected chi connectivity index (χ1v) is 8.11. The minimum Gasteiger partial charge on any atom is -0.351 e. The number of aromatic nitrogens is 1. The monoisotopic (exact) mass is 325 g/mol. The van der Waals surface area contributed by atoms with Gasteiger partial charge in [-0.25, -0.2) is 4.98 Å². The number of aryl methyl sites for hydroxylation is 1. The predicted molar refractivity (Wildman–Crippen MR) is 84.8 cm³/mol. The van der Waals surface area contributed by atoms with Crippen LogP contribution in [0.25, 0.3) is 0 Å². The number of nitrogens with one attached hydrogen (secondary N) is 1. The third-order valence-electron chi connectivity index (χ3n) is 3.77. The number of hydrogen-bond donors (Lipinski definition) is 1. The van der Waals surface area contributed by atoms with E-state index in [4.69, 9.17) is 0 Å². The molecule has 1 aliphatic heterocycles. The average Bonchev–Trinajstić information content (AvgIpc) is 2.43. The Balaban J connectivity index is 2.12. The van der Waals surface area contributed by atoms with Crippen molar-refractivity contribution in [3.05, 3.63) is 22.3 Å². The van der Waals surface area contributed by atoms with E-state index in [0.717, 1.165) is 29.9 Å². The van der Waals surface area contributed by atoms with Gasteiger partial charge in [-0.3, -0.25) is 0 Å². The van der Waals surface area contributed by atoms with Crippen molar-refractivity contribution in [3.8, 4) is 0 Å². The molecule has 1 unspecified atom stereocenters. The van der Waals surface area contributed by atoms with Gasteiger partial charge in [0.2, 0.25) is 0 Å². The van der Waals surface area contributed by atoms with E-state index in [2.05, 4.69) is 51.0 Å². The lowest BCUT2D eigenvalue weighted by atomic mass is 10.0. The molecule has 1 saturated heterocycles. The van der Waals surface area contributed by atoms with Crippen LogP contribution < -0.4 is 10.2 Å². The molecule has 0 aliphatic carbocycles. The second-order valence-corrected chi connectivity index (χ2v) is 6.11. The molecule has 2 heterocycles. The molecule has 4 heteroatoms. The Labute approximate surface area is 124 Å². The summed E-state index contributed by atoms with van der Waals surface area (Å²) in [5.74, 6) is 1.11. The lowest BCUT2D eigenvalue weighted by Crippen LogP contribution is -2.46. The summed E-state index contributed by atoms with van der Waals surface area (Å²) in [7, 11) is 0. The van der Waals surface area contributed by atoms with E-state index in [1.54, 1.807) is 0 Å². The molecule has 1 aromatic rings. The molecule has 1 aliphatic rings. The smallest absolute Gasteiger partial charge is 0.143 e. The highest BCUT2D eigenvalue weighted by Gasteiger charge is 2.25. The summed E-state index contributed by atoms with van der Waals surface area (Å²) in [6, 6.07) is 2.63. The zero-order chi connectivity index (χ0) is 13.7. The normalized spacial score (nSPS) is 19.7. The molecule has 3 nitrogen and oxygen atoms in total. The number of pyridine rings is 1. The first-order chi connectivity index (χ1) is 9.24. The molecule has 0 aromatic carbocycles. The first kappa shape index (κ1) is 14.8. The average molecular weight is 326 g/mol. The summed E-state index contributed by atoms with van der Waals surface area (Å²) in [4.78, 5) is 7.07. The van der Waals surface area contributed by atoms with Crippen LogP contribution in [0.2, 0.25) is 0 Å². The second kappa shape index (κ2) is 7.25. The Morgan fingerprint density at radius 2 is 2.32 bits per heavy atom. The first-order valence-electron chi connectivity index (χ1n) is 7.32. The quantitative estimate of drug-likeness (QED) is 0.839. The van der Waals surface area contributed by atoms with Crippen LogP contribution in [0.15, 0.2) is 16.7 Å². The van der Waals surface area contributed by atoms with Gasteiger partial charge in [0.25, 0.3) is 0 Å². The molecule has 0 amide bonds. The Hall–Kier alpha value is -0.610. The van der Waals surface area contributed by atoms with Gasteiger partial charge in [-0.1, -0.05) is 6.92 Å². The summed E-state index contributed by atoms with van der Waals surface area (Å²) in [5, 5.41) is 3.55. The van der Waals surface area contributed by atoms with Gasteiger partial charge in [0.1, 0.15) is 5.82 Å². The molecular formula is C15H24BrN3. The van der Waals surface area contributed by atoms with Crippen molar-refractivity contribution in [2.24, 2.45) is 0 Å². The van der Waals surface area contributed by atoms with Gasteiger partial charge in [0.15, 0.2) is 0 Å². The van der Waals surface area contributed by atoms with Crippen LogP contribution in [-0.4, -0.2) is 30.7 Å². The van der Waals surface area contributed by atoms with Crippen molar-refractivity contribution >= 4 is 21.7 Å². The van der Waals surface area contributed by atoms with E-state index in [1.165, 1.54) is 31.2 Å². The van der Waals surface area contributed by atoms with Crippen LogP contribution in [0, 0.1) is 6.92 Å². The number of nitrogens with zero attached hydrogens (tertiary/aromatic N) is 2. The van der Waals surface area contributed by atoms with E-state index < -0.39 is 0 Å². The Kier molecular flexibility index (Phi) is 5.64. The number of piperidine rings is 1. The predicted octanol–water partition coefficient (Wildman–Crippen LogP) is 3.51. The number of hydrogen-bond acceptors (Lipinski definition) is 3. The highest BCUT2D eigenvalue weighted by Crippen LogP contribution is 2.31. The second-order valence-electron chi connectivity index (χ2n) is 5.31. The molecule has 1 atom stereocenters. The van der Waals surface area contributed by atoms with Crippen LogP contribution in [0.4, 0.5) is 5.82 Å². The Bertz CT molecular complexity index is 408. The Morgan fingerprint density at radius 3 is 3.11 bits per heavy atom. The van der Waals surface area contributed by atoms with Crippen molar-refractivity contribution in [2.75, 3.05) is 24.5 Å². The van der Waals surface area contributed by atoms with Gasteiger partial charge >= 0.3 is 0 Å². The summed E-state index contributed by atoms with van der Waals surface area (Å²) >= 11 is 3.70. The molecule has 1 N–H and O–H groups in total. The van der Waals surface area contributed by atoms with Crippen molar-refractivity contribution in [1.29, 1.82) is 0 Å². The molecule has 0 bridgehead atoms. The van der Waals surface area contributed by atoms with Gasteiger partial charge in [0, 0.05) is 25.3 Å². The lowest BCUT2D eigenvalue weighted by molar-refractivity contribution is 0.432. The molecule has 0 spiro atoms. The largest absolute Gasteiger partial charge is 0.351 e. The fourth-order valence-corrected chi connectivity index (χ4v) is 3.13. The number of anilines is 1. The molecule has 2 rings (SSSR count). The number of rotatable bonds is 5. The zero-order valence-corrected chi connectivity index (χ0v) is 13.5. The SMILES string of the molecule is CCCNCC1CCCCN1c1nccc(C)c1Br. The van der Waals surface area contributed by atoms with Crippen LogP contribution in [0.5, 0.6) is 0 Å². The molecule has 0 saturated carbocycles. The van der Waals surface area contributed by atoms with Gasteiger partial charge in [-0.2, -0.15) is 0 Å². The van der Waals surface area contributed by atoms with Gasteiger partial charge in [-0.05, 0) is 66.7 Å². The van der Waals surface area contributed by atoms with Gasteiger partial charge in [-0.15, -0.1) is 0 Å².